The van der Waals surface area contributed by atoms with Gasteiger partial charge in [-0.2, -0.15) is 0 Å². The van der Waals surface area contributed by atoms with Gasteiger partial charge >= 0.3 is 0 Å². The van der Waals surface area contributed by atoms with Gasteiger partial charge in [0, 0.05) is 26.2 Å². The van der Waals surface area contributed by atoms with Crippen LogP contribution in [0.5, 0.6) is 0 Å². The van der Waals surface area contributed by atoms with Gasteiger partial charge < -0.3 is 10.6 Å². The highest BCUT2D eigenvalue weighted by molar-refractivity contribution is 5.51. The average Bonchev–Trinajstić information content (AvgIpc) is 2.40. The third-order valence-electron chi connectivity index (χ3n) is 3.74. The number of piperazine rings is 1. The molecule has 2 N–H and O–H groups in total. The highest BCUT2D eigenvalue weighted by Crippen LogP contribution is 2.26. The second kappa shape index (κ2) is 6.99. The molecule has 0 radical (unpaired) electrons. The van der Waals surface area contributed by atoms with E-state index >= 15 is 0 Å². The van der Waals surface area contributed by atoms with Crippen molar-refractivity contribution in [2.24, 2.45) is 5.73 Å². The van der Waals surface area contributed by atoms with Gasteiger partial charge in [-0.3, -0.25) is 4.90 Å². The molecule has 0 spiro atoms. The molecule has 1 aliphatic rings. The van der Waals surface area contributed by atoms with Crippen molar-refractivity contribution in [3.05, 3.63) is 29.3 Å². The molecule has 0 aromatic heterocycles. The van der Waals surface area contributed by atoms with Gasteiger partial charge in [0.2, 0.25) is 0 Å². The maximum atomic E-state index is 14.1. The van der Waals surface area contributed by atoms with Gasteiger partial charge in [0.15, 0.2) is 0 Å². The molecule has 0 atom stereocenters. The molecule has 1 aromatic carbocycles. The van der Waals surface area contributed by atoms with Crippen LogP contribution in [0, 0.1) is 11.6 Å². The van der Waals surface area contributed by atoms with Gasteiger partial charge in [0.05, 0.1) is 0 Å². The van der Waals surface area contributed by atoms with E-state index in [-0.39, 0.29) is 5.69 Å². The summed E-state index contributed by atoms with van der Waals surface area (Å²) >= 11 is 0. The number of hydrogen-bond acceptors (Lipinski definition) is 3. The summed E-state index contributed by atoms with van der Waals surface area (Å²) < 4.78 is 28.3. The molecule has 0 aliphatic carbocycles. The lowest BCUT2D eigenvalue weighted by molar-refractivity contribution is 0.257. The van der Waals surface area contributed by atoms with Crippen LogP contribution in [-0.2, 0) is 6.42 Å². The largest absolute Gasteiger partial charge is 0.364 e. The fourth-order valence-electron chi connectivity index (χ4n) is 2.74. The van der Waals surface area contributed by atoms with E-state index in [2.05, 4.69) is 11.8 Å². The molecule has 0 saturated carbocycles. The summed E-state index contributed by atoms with van der Waals surface area (Å²) in [5.74, 6) is -0.949. The number of anilines is 1. The van der Waals surface area contributed by atoms with Crippen molar-refractivity contribution in [2.75, 3.05) is 44.2 Å². The van der Waals surface area contributed by atoms with Crippen LogP contribution in [0.25, 0.3) is 0 Å². The van der Waals surface area contributed by atoms with Crippen LogP contribution in [0.3, 0.4) is 0 Å². The number of halogens is 2. The third kappa shape index (κ3) is 3.46. The Balaban J connectivity index is 2.10. The molecule has 1 heterocycles. The normalized spacial score (nSPS) is 16.7. The van der Waals surface area contributed by atoms with E-state index in [4.69, 9.17) is 5.73 Å². The molecule has 3 nitrogen and oxygen atoms in total. The van der Waals surface area contributed by atoms with Gasteiger partial charge in [-0.1, -0.05) is 6.92 Å². The quantitative estimate of drug-likeness (QED) is 0.897. The van der Waals surface area contributed by atoms with Crippen molar-refractivity contribution < 1.29 is 8.78 Å². The zero-order valence-corrected chi connectivity index (χ0v) is 12.0. The number of nitrogens with zero attached hydrogens (tertiary/aromatic N) is 2. The van der Waals surface area contributed by atoms with Crippen molar-refractivity contribution in [1.29, 1.82) is 0 Å². The molecule has 0 amide bonds. The number of hydrogen-bond donors (Lipinski definition) is 1. The molecule has 112 valence electrons. The molecule has 2 rings (SSSR count). The van der Waals surface area contributed by atoms with Crippen molar-refractivity contribution in [2.45, 2.75) is 19.8 Å². The minimum Gasteiger partial charge on any atom is -0.364 e. The molecule has 20 heavy (non-hydrogen) atoms. The van der Waals surface area contributed by atoms with Crippen molar-refractivity contribution in [3.63, 3.8) is 0 Å². The number of benzene rings is 1. The van der Waals surface area contributed by atoms with Crippen LogP contribution in [0.1, 0.15) is 18.9 Å². The predicted molar refractivity (Wildman–Crippen MR) is 78.1 cm³/mol. The minimum atomic E-state index is -0.475. The summed E-state index contributed by atoms with van der Waals surface area (Å²) in [6.07, 6.45) is 1.61. The Kier molecular flexibility index (Phi) is 5.31. The molecule has 1 aromatic rings. The predicted octanol–water partition coefficient (Wildman–Crippen LogP) is 2.00. The molecule has 5 heteroatoms. The van der Waals surface area contributed by atoms with Crippen molar-refractivity contribution in [3.8, 4) is 0 Å². The highest BCUT2D eigenvalue weighted by atomic mass is 19.1. The fraction of sp³-hybridized carbons (Fsp3) is 0.600. The second-order valence-electron chi connectivity index (χ2n) is 5.28. The Labute approximate surface area is 119 Å². The molecule has 1 aliphatic heterocycles. The zero-order valence-electron chi connectivity index (χ0n) is 12.0. The van der Waals surface area contributed by atoms with E-state index < -0.39 is 11.6 Å². The molecular formula is C15H23F2N3. The molecule has 1 saturated heterocycles. The Morgan fingerprint density at radius 3 is 2.20 bits per heavy atom. The van der Waals surface area contributed by atoms with Gasteiger partial charge in [-0.25, -0.2) is 8.78 Å². The summed E-state index contributed by atoms with van der Waals surface area (Å²) in [5, 5.41) is 0. The summed E-state index contributed by atoms with van der Waals surface area (Å²) in [5.41, 5.74) is 6.16. The van der Waals surface area contributed by atoms with Gasteiger partial charge in [-0.05, 0) is 43.6 Å². The number of rotatable bonds is 5. The standard InChI is InChI=1S/C15H23F2N3/c1-2-5-19-6-8-20(9-7-19)15-13(16)10-12(3-4-18)11-14(15)17/h10-11H,2-9,18H2,1H3. The van der Waals surface area contributed by atoms with E-state index in [0.29, 0.717) is 31.6 Å². The second-order valence-corrected chi connectivity index (χ2v) is 5.28. The lowest BCUT2D eigenvalue weighted by atomic mass is 10.1. The molecular weight excluding hydrogens is 260 g/mol. The van der Waals surface area contributed by atoms with Crippen LogP contribution >= 0.6 is 0 Å². The minimum absolute atomic E-state index is 0.113. The lowest BCUT2D eigenvalue weighted by Gasteiger charge is -2.36. The first kappa shape index (κ1) is 15.2. The van der Waals surface area contributed by atoms with Crippen LogP contribution in [0.4, 0.5) is 14.5 Å². The maximum absolute atomic E-state index is 14.1. The van der Waals surface area contributed by atoms with E-state index in [1.807, 2.05) is 4.90 Å². The smallest absolute Gasteiger partial charge is 0.149 e. The first-order valence-electron chi connectivity index (χ1n) is 7.31. The summed E-state index contributed by atoms with van der Waals surface area (Å²) in [6, 6.07) is 2.81. The third-order valence-corrected chi connectivity index (χ3v) is 3.74. The SMILES string of the molecule is CCCN1CCN(c2c(F)cc(CCN)cc2F)CC1. The van der Waals surface area contributed by atoms with Crippen LogP contribution in [-0.4, -0.2) is 44.2 Å². The Hall–Kier alpha value is -1.20. The fourth-order valence-corrected chi connectivity index (χ4v) is 2.74. The van der Waals surface area contributed by atoms with E-state index in [9.17, 15) is 8.78 Å². The van der Waals surface area contributed by atoms with Gasteiger partial charge in [-0.15, -0.1) is 0 Å². The van der Waals surface area contributed by atoms with Gasteiger partial charge in [0.25, 0.3) is 0 Å². The number of nitrogens with two attached hydrogens (primary N) is 1. The average molecular weight is 283 g/mol. The summed E-state index contributed by atoms with van der Waals surface area (Å²) in [4.78, 5) is 4.14. The zero-order chi connectivity index (χ0) is 14.5. The monoisotopic (exact) mass is 283 g/mol. The Morgan fingerprint density at radius 2 is 1.70 bits per heavy atom. The van der Waals surface area contributed by atoms with Crippen molar-refractivity contribution in [1.82, 2.24) is 4.90 Å². The van der Waals surface area contributed by atoms with Crippen LogP contribution in [0.2, 0.25) is 0 Å². The summed E-state index contributed by atoms with van der Waals surface area (Å²) in [6.45, 7) is 6.65. The van der Waals surface area contributed by atoms with Crippen LogP contribution < -0.4 is 10.6 Å². The topological polar surface area (TPSA) is 32.5 Å². The van der Waals surface area contributed by atoms with Crippen LogP contribution in [0.15, 0.2) is 12.1 Å². The molecule has 0 unspecified atom stereocenters. The lowest BCUT2D eigenvalue weighted by Crippen LogP contribution is -2.47. The van der Waals surface area contributed by atoms with E-state index in [1.165, 1.54) is 12.1 Å². The first-order chi connectivity index (χ1) is 9.65. The highest BCUT2D eigenvalue weighted by Gasteiger charge is 2.22. The van der Waals surface area contributed by atoms with Crippen molar-refractivity contribution >= 4 is 5.69 Å². The maximum Gasteiger partial charge on any atom is 0.149 e. The van der Waals surface area contributed by atoms with E-state index in [0.717, 1.165) is 26.1 Å². The molecule has 0 bridgehead atoms. The Morgan fingerprint density at radius 1 is 1.10 bits per heavy atom. The van der Waals surface area contributed by atoms with E-state index in [1.54, 1.807) is 0 Å². The van der Waals surface area contributed by atoms with Gasteiger partial charge in [0.1, 0.15) is 17.3 Å². The first-order valence-corrected chi connectivity index (χ1v) is 7.31. The summed E-state index contributed by atoms with van der Waals surface area (Å²) in [7, 11) is 0. The Bertz CT molecular complexity index is 420. The molecule has 1 fully saturated rings.